The van der Waals surface area contributed by atoms with Crippen LogP contribution in [-0.2, 0) is 9.47 Å². The number of carbonyl (C=O) groups is 2. The highest BCUT2D eigenvalue weighted by Crippen LogP contribution is 2.31. The van der Waals surface area contributed by atoms with Crippen LogP contribution in [0.15, 0.2) is 24.3 Å². The van der Waals surface area contributed by atoms with E-state index in [4.69, 9.17) is 9.47 Å². The van der Waals surface area contributed by atoms with E-state index in [9.17, 15) is 9.59 Å². The number of fused-ring (bicyclic) bond motifs is 1. The molecule has 0 radical (unpaired) electrons. The van der Waals surface area contributed by atoms with E-state index < -0.39 is 0 Å². The molecule has 7 heteroatoms. The topological polar surface area (TPSA) is 71.1 Å². The van der Waals surface area contributed by atoms with Gasteiger partial charge in [0.1, 0.15) is 0 Å². The molecule has 3 rings (SSSR count). The van der Waals surface area contributed by atoms with Gasteiger partial charge in [-0.05, 0) is 69.0 Å². The van der Waals surface area contributed by atoms with E-state index in [1.165, 1.54) is 52.3 Å². The Kier molecular flexibility index (Phi) is 7.89. The van der Waals surface area contributed by atoms with E-state index in [2.05, 4.69) is 10.2 Å². The van der Waals surface area contributed by atoms with E-state index in [1.54, 1.807) is 31.4 Å². The summed E-state index contributed by atoms with van der Waals surface area (Å²) in [7, 11) is 3.01. The number of amides is 2. The van der Waals surface area contributed by atoms with Gasteiger partial charge in [-0.25, -0.2) is 9.59 Å². The van der Waals surface area contributed by atoms with Crippen LogP contribution in [0.5, 0.6) is 0 Å². The maximum absolute atomic E-state index is 13.0. The molecule has 1 aromatic carbocycles. The standard InChI is InChI=1S/C22H33N3O4/c1-28-15-14-25(16-18-6-5-13-24-12-4-3-7-20(18)24)22(27)23-19-10-8-17(9-11-19)21(26)29-2/h8-11,18,20H,3-7,12-16H2,1-2H3,(H,23,27)/t18-,20+/m0/s1. The summed E-state index contributed by atoms with van der Waals surface area (Å²) < 4.78 is 9.95. The number of nitrogens with zero attached hydrogens (tertiary/aromatic N) is 2. The van der Waals surface area contributed by atoms with Crippen molar-refractivity contribution in [1.29, 1.82) is 0 Å². The molecule has 0 unspecified atom stereocenters. The van der Waals surface area contributed by atoms with Crippen LogP contribution in [0.3, 0.4) is 0 Å². The first-order valence-electron chi connectivity index (χ1n) is 10.6. The molecular weight excluding hydrogens is 370 g/mol. The Morgan fingerprint density at radius 3 is 2.59 bits per heavy atom. The minimum absolute atomic E-state index is 0.124. The minimum Gasteiger partial charge on any atom is -0.465 e. The number of nitrogens with one attached hydrogen (secondary N) is 1. The second-order valence-electron chi connectivity index (χ2n) is 7.94. The zero-order valence-electron chi connectivity index (χ0n) is 17.6. The van der Waals surface area contributed by atoms with Crippen LogP contribution in [-0.4, -0.2) is 74.8 Å². The summed E-state index contributed by atoms with van der Waals surface area (Å²) in [5, 5.41) is 2.96. The summed E-state index contributed by atoms with van der Waals surface area (Å²) in [6.07, 6.45) is 6.19. The molecule has 0 aromatic heterocycles. The summed E-state index contributed by atoms with van der Waals surface area (Å²) in [5.74, 6) is 0.118. The summed E-state index contributed by atoms with van der Waals surface area (Å²) in [6.45, 7) is 4.20. The van der Waals surface area contributed by atoms with Crippen LogP contribution in [0.4, 0.5) is 10.5 Å². The predicted molar refractivity (Wildman–Crippen MR) is 112 cm³/mol. The summed E-state index contributed by atoms with van der Waals surface area (Å²) >= 11 is 0. The van der Waals surface area contributed by atoms with Gasteiger partial charge >= 0.3 is 12.0 Å². The van der Waals surface area contributed by atoms with Crippen molar-refractivity contribution in [3.8, 4) is 0 Å². The minimum atomic E-state index is -0.390. The average Bonchev–Trinajstić information content (AvgIpc) is 2.76. The van der Waals surface area contributed by atoms with Crippen molar-refractivity contribution in [3.63, 3.8) is 0 Å². The highest BCUT2D eigenvalue weighted by atomic mass is 16.5. The van der Waals surface area contributed by atoms with Crippen LogP contribution in [0.2, 0.25) is 0 Å². The van der Waals surface area contributed by atoms with Gasteiger partial charge in [-0.1, -0.05) is 6.42 Å². The lowest BCUT2D eigenvalue weighted by Crippen LogP contribution is -2.52. The van der Waals surface area contributed by atoms with Gasteiger partial charge in [-0.2, -0.15) is 0 Å². The largest absolute Gasteiger partial charge is 0.465 e. The lowest BCUT2D eigenvalue weighted by Gasteiger charge is -2.45. The molecule has 0 saturated carbocycles. The Morgan fingerprint density at radius 1 is 1.10 bits per heavy atom. The van der Waals surface area contributed by atoms with E-state index in [-0.39, 0.29) is 12.0 Å². The van der Waals surface area contributed by atoms with Crippen LogP contribution < -0.4 is 5.32 Å². The first-order valence-corrected chi connectivity index (χ1v) is 10.6. The molecule has 1 aromatic rings. The number of benzene rings is 1. The van der Waals surface area contributed by atoms with Crippen LogP contribution >= 0.6 is 0 Å². The van der Waals surface area contributed by atoms with E-state index >= 15 is 0 Å². The molecule has 0 spiro atoms. The zero-order chi connectivity index (χ0) is 20.6. The summed E-state index contributed by atoms with van der Waals surface area (Å²) in [4.78, 5) is 29.1. The molecule has 2 fully saturated rings. The molecule has 0 aliphatic carbocycles. The van der Waals surface area contributed by atoms with Crippen LogP contribution in [0, 0.1) is 5.92 Å². The van der Waals surface area contributed by atoms with Gasteiger partial charge in [0.15, 0.2) is 0 Å². The number of urea groups is 1. The third-order valence-corrected chi connectivity index (χ3v) is 6.09. The number of carbonyl (C=O) groups excluding carboxylic acids is 2. The second kappa shape index (κ2) is 10.6. The van der Waals surface area contributed by atoms with Gasteiger partial charge in [-0.3, -0.25) is 0 Å². The Hall–Kier alpha value is -2.12. The number of methoxy groups -OCH3 is 2. The fraction of sp³-hybridized carbons (Fsp3) is 0.636. The Bertz CT molecular complexity index is 677. The first kappa shape index (κ1) is 21.6. The van der Waals surface area contributed by atoms with Crippen molar-refractivity contribution in [1.82, 2.24) is 9.80 Å². The number of piperidine rings is 2. The van der Waals surface area contributed by atoms with Gasteiger partial charge in [0, 0.05) is 31.9 Å². The maximum Gasteiger partial charge on any atom is 0.337 e. The summed E-state index contributed by atoms with van der Waals surface area (Å²) in [6, 6.07) is 7.23. The second-order valence-corrected chi connectivity index (χ2v) is 7.94. The molecule has 2 heterocycles. The number of rotatable bonds is 7. The van der Waals surface area contributed by atoms with Crippen molar-refractivity contribution >= 4 is 17.7 Å². The van der Waals surface area contributed by atoms with Gasteiger partial charge in [0.25, 0.3) is 0 Å². The fourth-order valence-electron chi connectivity index (χ4n) is 4.56. The lowest BCUT2D eigenvalue weighted by atomic mass is 9.83. The Morgan fingerprint density at radius 2 is 1.86 bits per heavy atom. The van der Waals surface area contributed by atoms with Gasteiger partial charge < -0.3 is 24.6 Å². The highest BCUT2D eigenvalue weighted by Gasteiger charge is 2.34. The first-order chi connectivity index (χ1) is 14.1. The molecule has 2 aliphatic heterocycles. The van der Waals surface area contributed by atoms with E-state index in [0.29, 0.717) is 36.4 Å². The van der Waals surface area contributed by atoms with Crippen molar-refractivity contribution in [2.75, 3.05) is 52.3 Å². The number of anilines is 1. The van der Waals surface area contributed by atoms with E-state index in [0.717, 1.165) is 6.54 Å². The number of esters is 1. The highest BCUT2D eigenvalue weighted by molar-refractivity contribution is 5.92. The molecule has 29 heavy (non-hydrogen) atoms. The maximum atomic E-state index is 13.0. The Labute approximate surface area is 173 Å². The lowest BCUT2D eigenvalue weighted by molar-refractivity contribution is 0.0433. The molecular formula is C22H33N3O4. The molecule has 160 valence electrons. The molecule has 2 atom stereocenters. The molecule has 1 N–H and O–H groups in total. The van der Waals surface area contributed by atoms with Gasteiger partial charge in [0.2, 0.25) is 0 Å². The van der Waals surface area contributed by atoms with E-state index in [1.807, 2.05) is 4.90 Å². The zero-order valence-corrected chi connectivity index (χ0v) is 17.6. The number of hydrogen-bond donors (Lipinski definition) is 1. The monoisotopic (exact) mass is 403 g/mol. The fourth-order valence-corrected chi connectivity index (χ4v) is 4.56. The Balaban J connectivity index is 1.64. The number of ether oxygens (including phenoxy) is 2. The predicted octanol–water partition coefficient (Wildman–Crippen LogP) is 3.22. The smallest absolute Gasteiger partial charge is 0.337 e. The normalized spacial score (nSPS) is 21.9. The third-order valence-electron chi connectivity index (χ3n) is 6.09. The van der Waals surface area contributed by atoms with Crippen LogP contribution in [0.1, 0.15) is 42.5 Å². The SMILES string of the molecule is COCCN(C[C@@H]1CCCN2CCCC[C@H]12)C(=O)Nc1ccc(C(=O)OC)cc1. The third kappa shape index (κ3) is 5.70. The summed E-state index contributed by atoms with van der Waals surface area (Å²) in [5.41, 5.74) is 1.12. The van der Waals surface area contributed by atoms with Gasteiger partial charge in [-0.15, -0.1) is 0 Å². The van der Waals surface area contributed by atoms with Crippen LogP contribution in [0.25, 0.3) is 0 Å². The molecule has 7 nitrogen and oxygen atoms in total. The molecule has 2 saturated heterocycles. The van der Waals surface area contributed by atoms with Crippen molar-refractivity contribution in [2.45, 2.75) is 38.1 Å². The molecule has 2 aliphatic rings. The van der Waals surface area contributed by atoms with Crippen molar-refractivity contribution in [2.24, 2.45) is 5.92 Å². The molecule has 0 bridgehead atoms. The van der Waals surface area contributed by atoms with Crippen molar-refractivity contribution < 1.29 is 19.1 Å². The quantitative estimate of drug-likeness (QED) is 0.708. The molecule has 2 amide bonds. The number of hydrogen-bond acceptors (Lipinski definition) is 5. The van der Waals surface area contributed by atoms with Gasteiger partial charge in [0.05, 0.1) is 19.3 Å². The van der Waals surface area contributed by atoms with Crippen molar-refractivity contribution in [3.05, 3.63) is 29.8 Å². The average molecular weight is 404 g/mol.